The van der Waals surface area contributed by atoms with E-state index in [1.807, 2.05) is 44.2 Å². The van der Waals surface area contributed by atoms with E-state index >= 15 is 0 Å². The number of likely N-dealkylation sites (tertiary alicyclic amines) is 1. The molecule has 3 aromatic heterocycles. The number of hydrogen-bond donors (Lipinski definition) is 1. The van der Waals surface area contributed by atoms with Crippen molar-refractivity contribution in [2.45, 2.75) is 64.8 Å². The van der Waals surface area contributed by atoms with Gasteiger partial charge in [-0.2, -0.15) is 9.97 Å². The van der Waals surface area contributed by atoms with E-state index in [0.29, 0.717) is 54.2 Å². The van der Waals surface area contributed by atoms with Crippen LogP contribution in [0.25, 0.3) is 22.4 Å². The number of pyridine rings is 1. The fourth-order valence-corrected chi connectivity index (χ4v) is 6.32. The number of piperidine rings is 1. The highest BCUT2D eigenvalue weighted by molar-refractivity contribution is 6.00. The lowest BCUT2D eigenvalue weighted by atomic mass is 9.84. The second-order valence-corrected chi connectivity index (χ2v) is 12.2. The number of para-hydroxylation sites is 1. The molecular weight excluding hydrogens is 596 g/mol. The molecule has 11 nitrogen and oxygen atoms in total. The maximum atomic E-state index is 13.6. The Bertz CT molecular complexity index is 1610. The number of aromatic nitrogens is 3. The molecule has 4 aromatic rings. The molecule has 2 fully saturated rings. The minimum Gasteiger partial charge on any atom is -0.476 e. The topological polar surface area (TPSA) is 123 Å². The number of ether oxygens (including phenoxy) is 2. The normalized spacial score (nSPS) is 15.7. The number of carbonyl (C=O) groups excluding carboxylic acids is 2. The number of nitrogens with one attached hydrogen (secondary N) is 1. The first-order chi connectivity index (χ1) is 23.1. The minimum atomic E-state index is -0.133. The van der Waals surface area contributed by atoms with Crippen molar-refractivity contribution in [3.8, 4) is 23.2 Å². The zero-order chi connectivity index (χ0) is 32.6. The van der Waals surface area contributed by atoms with Crippen molar-refractivity contribution < 1.29 is 23.5 Å². The minimum absolute atomic E-state index is 0.0230. The van der Waals surface area contributed by atoms with Crippen LogP contribution in [0, 0.1) is 5.92 Å². The number of hydrogen-bond acceptors (Lipinski definition) is 9. The molecule has 0 radical (unpaired) electrons. The number of benzene rings is 1. The summed E-state index contributed by atoms with van der Waals surface area (Å²) in [7, 11) is 0. The molecule has 0 bridgehead atoms. The van der Waals surface area contributed by atoms with Crippen molar-refractivity contribution in [1.82, 2.24) is 25.2 Å². The van der Waals surface area contributed by atoms with Crippen LogP contribution in [0.2, 0.25) is 0 Å². The van der Waals surface area contributed by atoms with Gasteiger partial charge in [0.05, 0.1) is 18.8 Å². The molecule has 4 heterocycles. The number of nitrogens with zero attached hydrogens (tertiary/aromatic N) is 5. The molecule has 6 rings (SSSR count). The fourth-order valence-electron chi connectivity index (χ4n) is 6.32. The molecule has 248 valence electrons. The van der Waals surface area contributed by atoms with Gasteiger partial charge in [0.1, 0.15) is 17.6 Å². The smallest absolute Gasteiger partial charge is 0.253 e. The maximum absolute atomic E-state index is 13.6. The molecule has 1 N–H and O–H groups in total. The standard InChI is InChI=1S/C36H44N6O5/c1-3-45-34-32(35(46-4-2)39-24-38-34)42(36(44)25-12-9-13-25)20-8-7-19-41-21-16-27(17-22-41)40-33(43)28-14-10-18-37-31(28)30-23-26-11-5-6-15-29(26)47-30/h5-6,10-11,14-15,18,23-25,27H,3-4,7-9,12-13,16-17,19-22H2,1-2H3,(H,40,43). The Hall–Kier alpha value is -4.51. The Kier molecular flexibility index (Phi) is 10.6. The number of amides is 2. The van der Waals surface area contributed by atoms with E-state index in [9.17, 15) is 9.59 Å². The number of furan rings is 1. The summed E-state index contributed by atoms with van der Waals surface area (Å²) < 4.78 is 17.7. The number of fused-ring (bicyclic) bond motifs is 1. The molecule has 1 saturated heterocycles. The van der Waals surface area contributed by atoms with Crippen LogP contribution in [0.4, 0.5) is 5.69 Å². The maximum Gasteiger partial charge on any atom is 0.253 e. The van der Waals surface area contributed by atoms with Gasteiger partial charge in [-0.3, -0.25) is 14.6 Å². The van der Waals surface area contributed by atoms with Crippen molar-refractivity contribution in [1.29, 1.82) is 0 Å². The summed E-state index contributed by atoms with van der Waals surface area (Å²) in [5.74, 6) is 1.35. The lowest BCUT2D eigenvalue weighted by Crippen LogP contribution is -2.45. The van der Waals surface area contributed by atoms with Crippen LogP contribution in [0.15, 0.2) is 59.4 Å². The lowest BCUT2D eigenvalue weighted by Gasteiger charge is -2.34. The molecule has 1 aliphatic carbocycles. The third-order valence-corrected chi connectivity index (χ3v) is 9.05. The summed E-state index contributed by atoms with van der Waals surface area (Å²) in [4.78, 5) is 44.4. The number of unbranched alkanes of at least 4 members (excludes halogenated alkanes) is 1. The SMILES string of the molecule is CCOc1ncnc(OCC)c1N(CCCCN1CCC(NC(=O)c2cccnc2-c2cc3ccccc3o2)CC1)C(=O)C1CCC1. The molecular formula is C36H44N6O5. The van der Waals surface area contributed by atoms with Crippen LogP contribution in [0.3, 0.4) is 0 Å². The molecule has 2 aliphatic rings. The van der Waals surface area contributed by atoms with Gasteiger partial charge >= 0.3 is 0 Å². The number of carbonyl (C=O) groups is 2. The molecule has 47 heavy (non-hydrogen) atoms. The summed E-state index contributed by atoms with van der Waals surface area (Å²) in [5.41, 5.74) is 2.37. The Morgan fingerprint density at radius 3 is 2.38 bits per heavy atom. The van der Waals surface area contributed by atoms with Gasteiger partial charge in [-0.15, -0.1) is 0 Å². The number of rotatable bonds is 14. The summed E-state index contributed by atoms with van der Waals surface area (Å²) in [5, 5.41) is 4.21. The molecule has 11 heteroatoms. The Labute approximate surface area is 275 Å². The van der Waals surface area contributed by atoms with Crippen molar-refractivity contribution in [3.05, 3.63) is 60.6 Å². The fraction of sp³-hybridized carbons (Fsp3) is 0.472. The van der Waals surface area contributed by atoms with E-state index in [1.54, 1.807) is 23.2 Å². The van der Waals surface area contributed by atoms with Gasteiger partial charge in [-0.1, -0.05) is 24.6 Å². The van der Waals surface area contributed by atoms with Crippen molar-refractivity contribution in [2.24, 2.45) is 5.92 Å². The summed E-state index contributed by atoms with van der Waals surface area (Å²) in [6.45, 7) is 7.93. The van der Waals surface area contributed by atoms with E-state index in [4.69, 9.17) is 13.9 Å². The second-order valence-electron chi connectivity index (χ2n) is 12.2. The molecule has 0 atom stereocenters. The molecule has 0 unspecified atom stereocenters. The van der Waals surface area contributed by atoms with Gasteiger partial charge in [-0.25, -0.2) is 0 Å². The zero-order valence-corrected chi connectivity index (χ0v) is 27.3. The van der Waals surface area contributed by atoms with Crippen LogP contribution < -0.4 is 19.7 Å². The van der Waals surface area contributed by atoms with E-state index in [0.717, 1.165) is 75.5 Å². The average Bonchev–Trinajstić information content (AvgIpc) is 3.50. The van der Waals surface area contributed by atoms with E-state index in [2.05, 4.69) is 25.2 Å². The highest BCUT2D eigenvalue weighted by Gasteiger charge is 2.34. The first-order valence-electron chi connectivity index (χ1n) is 16.9. The van der Waals surface area contributed by atoms with Crippen molar-refractivity contribution in [3.63, 3.8) is 0 Å². The van der Waals surface area contributed by atoms with Crippen LogP contribution in [0.1, 0.15) is 69.2 Å². The van der Waals surface area contributed by atoms with Crippen LogP contribution in [0.5, 0.6) is 11.8 Å². The predicted octanol–water partition coefficient (Wildman–Crippen LogP) is 5.89. The lowest BCUT2D eigenvalue weighted by molar-refractivity contribution is -0.124. The molecule has 2 amide bonds. The van der Waals surface area contributed by atoms with E-state index in [-0.39, 0.29) is 23.8 Å². The Balaban J connectivity index is 1.02. The first kappa shape index (κ1) is 32.4. The molecule has 1 saturated carbocycles. The molecule has 1 aromatic carbocycles. The van der Waals surface area contributed by atoms with Crippen LogP contribution >= 0.6 is 0 Å². The van der Waals surface area contributed by atoms with Crippen LogP contribution in [-0.2, 0) is 4.79 Å². The predicted molar refractivity (Wildman–Crippen MR) is 180 cm³/mol. The van der Waals surface area contributed by atoms with E-state index < -0.39 is 0 Å². The zero-order valence-electron chi connectivity index (χ0n) is 27.3. The molecule has 0 spiro atoms. The Morgan fingerprint density at radius 2 is 1.70 bits per heavy atom. The average molecular weight is 641 g/mol. The molecule has 1 aliphatic heterocycles. The highest BCUT2D eigenvalue weighted by Crippen LogP contribution is 2.38. The van der Waals surface area contributed by atoms with Crippen LogP contribution in [-0.4, -0.2) is 77.1 Å². The van der Waals surface area contributed by atoms with Gasteiger partial charge in [0.2, 0.25) is 17.7 Å². The van der Waals surface area contributed by atoms with Gasteiger partial charge in [0.25, 0.3) is 5.91 Å². The first-order valence-corrected chi connectivity index (χ1v) is 16.9. The summed E-state index contributed by atoms with van der Waals surface area (Å²) >= 11 is 0. The van der Waals surface area contributed by atoms with Gasteiger partial charge < -0.3 is 29.0 Å². The van der Waals surface area contributed by atoms with Gasteiger partial charge in [0, 0.05) is 43.2 Å². The third kappa shape index (κ3) is 7.56. The summed E-state index contributed by atoms with van der Waals surface area (Å²) in [6, 6.07) is 13.4. The van der Waals surface area contributed by atoms with Crippen molar-refractivity contribution >= 4 is 28.5 Å². The monoisotopic (exact) mass is 640 g/mol. The number of anilines is 1. The van der Waals surface area contributed by atoms with Gasteiger partial charge in [0.15, 0.2) is 11.4 Å². The third-order valence-electron chi connectivity index (χ3n) is 9.05. The quantitative estimate of drug-likeness (QED) is 0.168. The van der Waals surface area contributed by atoms with Gasteiger partial charge in [-0.05, 0) is 83.2 Å². The largest absolute Gasteiger partial charge is 0.476 e. The summed E-state index contributed by atoms with van der Waals surface area (Å²) in [6.07, 6.45) is 9.50. The second kappa shape index (κ2) is 15.4. The van der Waals surface area contributed by atoms with Crippen molar-refractivity contribution in [2.75, 3.05) is 44.3 Å². The highest BCUT2D eigenvalue weighted by atomic mass is 16.5. The van der Waals surface area contributed by atoms with E-state index in [1.165, 1.54) is 6.33 Å². The Morgan fingerprint density at radius 1 is 0.957 bits per heavy atom.